The van der Waals surface area contributed by atoms with E-state index in [0.29, 0.717) is 0 Å². The SMILES string of the molecule is CCCCCCCC(=O)[O-].CCCCCCCCC[N+](C)(CCCCCCCCC)CCCCCCCCC. The normalized spacial score (nSPS) is 11.4. The molecule has 3 heteroatoms. The van der Waals surface area contributed by atoms with Crippen molar-refractivity contribution in [2.24, 2.45) is 0 Å². The molecule has 0 aromatic rings. The highest BCUT2D eigenvalue weighted by molar-refractivity contribution is 5.64. The Labute approximate surface area is 247 Å². The van der Waals surface area contributed by atoms with Crippen LogP contribution in [0.3, 0.4) is 0 Å². The van der Waals surface area contributed by atoms with Crippen molar-refractivity contribution in [1.29, 1.82) is 0 Å². The number of aliphatic carboxylic acids is 1. The molecule has 0 aliphatic heterocycles. The van der Waals surface area contributed by atoms with Crippen molar-refractivity contribution < 1.29 is 14.4 Å². The van der Waals surface area contributed by atoms with Gasteiger partial charge in [0.15, 0.2) is 0 Å². The highest BCUT2D eigenvalue weighted by Gasteiger charge is 2.20. The molecule has 0 heterocycles. The van der Waals surface area contributed by atoms with Gasteiger partial charge in [-0.15, -0.1) is 0 Å². The molecule has 3 nitrogen and oxygen atoms in total. The van der Waals surface area contributed by atoms with E-state index in [9.17, 15) is 9.90 Å². The molecule has 0 spiro atoms. The van der Waals surface area contributed by atoms with Gasteiger partial charge in [-0.3, -0.25) is 0 Å². The third-order valence-corrected chi connectivity index (χ3v) is 8.39. The second-order valence-corrected chi connectivity index (χ2v) is 12.7. The smallest absolute Gasteiger partial charge is 0.0784 e. The first-order valence-electron chi connectivity index (χ1n) is 18.0. The molecule has 0 aromatic heterocycles. The fraction of sp³-hybridized carbons (Fsp3) is 0.972. The van der Waals surface area contributed by atoms with Crippen LogP contribution in [0.4, 0.5) is 0 Å². The van der Waals surface area contributed by atoms with E-state index < -0.39 is 5.97 Å². The van der Waals surface area contributed by atoms with E-state index in [1.165, 1.54) is 172 Å². The number of rotatable bonds is 30. The summed E-state index contributed by atoms with van der Waals surface area (Å²) in [5, 5.41) is 9.92. The minimum absolute atomic E-state index is 0.226. The zero-order valence-corrected chi connectivity index (χ0v) is 28.0. The summed E-state index contributed by atoms with van der Waals surface area (Å²) in [4.78, 5) is 9.92. The Bertz CT molecular complexity index is 419. The number of carboxylic acids is 1. The van der Waals surface area contributed by atoms with Crippen LogP contribution >= 0.6 is 0 Å². The molecule has 0 saturated carbocycles. The minimum Gasteiger partial charge on any atom is -0.550 e. The maximum absolute atomic E-state index is 9.92. The number of carbonyl (C=O) groups excluding carboxylic acids is 1. The van der Waals surface area contributed by atoms with Crippen molar-refractivity contribution in [1.82, 2.24) is 0 Å². The van der Waals surface area contributed by atoms with Gasteiger partial charge in [0.2, 0.25) is 0 Å². The number of hydrogen-bond acceptors (Lipinski definition) is 2. The summed E-state index contributed by atoms with van der Waals surface area (Å²) in [6.45, 7) is 13.4. The van der Waals surface area contributed by atoms with Crippen molar-refractivity contribution in [2.75, 3.05) is 26.7 Å². The molecule has 0 aromatic carbocycles. The third kappa shape index (κ3) is 35.4. The zero-order valence-electron chi connectivity index (χ0n) is 28.0. The topological polar surface area (TPSA) is 40.1 Å². The molecule has 0 radical (unpaired) electrons. The predicted molar refractivity (Wildman–Crippen MR) is 173 cm³/mol. The van der Waals surface area contributed by atoms with Gasteiger partial charge >= 0.3 is 0 Å². The highest BCUT2D eigenvalue weighted by atomic mass is 16.4. The van der Waals surface area contributed by atoms with Crippen molar-refractivity contribution in [3.8, 4) is 0 Å². The lowest BCUT2D eigenvalue weighted by Gasteiger charge is -2.35. The zero-order chi connectivity index (χ0) is 29.3. The predicted octanol–water partition coefficient (Wildman–Crippen LogP) is 10.8. The first-order chi connectivity index (χ1) is 19.0. The Morgan fingerprint density at radius 2 is 0.641 bits per heavy atom. The number of carboxylic acid groups (broad SMARTS) is 1. The number of quaternary nitrogens is 1. The summed E-state index contributed by atoms with van der Waals surface area (Å²) in [5.41, 5.74) is 0. The molecule has 0 atom stereocenters. The molecular formula is C36H75NO2. The number of carbonyl (C=O) groups is 1. The van der Waals surface area contributed by atoms with Gasteiger partial charge in [0.25, 0.3) is 0 Å². The van der Waals surface area contributed by atoms with Gasteiger partial charge in [-0.2, -0.15) is 0 Å². The van der Waals surface area contributed by atoms with Gasteiger partial charge in [-0.1, -0.05) is 150 Å². The summed E-state index contributed by atoms with van der Waals surface area (Å²) in [5.74, 6) is -0.920. The number of nitrogens with zero attached hydrogens (tertiary/aromatic N) is 1. The van der Waals surface area contributed by atoms with Gasteiger partial charge in [-0.25, -0.2) is 0 Å². The van der Waals surface area contributed by atoms with Gasteiger partial charge < -0.3 is 14.4 Å². The van der Waals surface area contributed by atoms with Crippen molar-refractivity contribution in [3.05, 3.63) is 0 Å². The average molecular weight is 554 g/mol. The monoisotopic (exact) mass is 554 g/mol. The fourth-order valence-electron chi connectivity index (χ4n) is 5.56. The maximum Gasteiger partial charge on any atom is 0.0784 e. The lowest BCUT2D eigenvalue weighted by molar-refractivity contribution is -0.910. The van der Waals surface area contributed by atoms with Crippen LogP contribution in [0.25, 0.3) is 0 Å². The van der Waals surface area contributed by atoms with E-state index in [0.717, 1.165) is 19.3 Å². The summed E-state index contributed by atoms with van der Waals surface area (Å²) < 4.78 is 1.36. The van der Waals surface area contributed by atoms with Crippen LogP contribution in [-0.4, -0.2) is 37.1 Å². The van der Waals surface area contributed by atoms with Gasteiger partial charge in [-0.05, 0) is 51.4 Å². The van der Waals surface area contributed by atoms with Crippen molar-refractivity contribution in [3.63, 3.8) is 0 Å². The van der Waals surface area contributed by atoms with Crippen molar-refractivity contribution in [2.45, 2.75) is 201 Å². The molecule has 0 unspecified atom stereocenters. The van der Waals surface area contributed by atoms with Crippen LogP contribution in [0.2, 0.25) is 0 Å². The summed E-state index contributed by atoms with van der Waals surface area (Å²) in [7, 11) is 2.57. The molecule has 0 N–H and O–H groups in total. The van der Waals surface area contributed by atoms with Crippen LogP contribution in [0.5, 0.6) is 0 Å². The summed E-state index contributed by atoms with van der Waals surface area (Å²) >= 11 is 0. The van der Waals surface area contributed by atoms with Gasteiger partial charge in [0.05, 0.1) is 26.7 Å². The van der Waals surface area contributed by atoms with E-state index in [2.05, 4.69) is 34.7 Å². The minimum atomic E-state index is -0.920. The molecule has 0 bridgehead atoms. The Kier molecular flexibility index (Phi) is 35.0. The molecule has 39 heavy (non-hydrogen) atoms. The molecule has 0 amide bonds. The third-order valence-electron chi connectivity index (χ3n) is 8.39. The first-order valence-corrected chi connectivity index (χ1v) is 18.0. The van der Waals surface area contributed by atoms with E-state index >= 15 is 0 Å². The summed E-state index contributed by atoms with van der Waals surface area (Å²) in [6, 6.07) is 0. The largest absolute Gasteiger partial charge is 0.550 e. The lowest BCUT2D eigenvalue weighted by Crippen LogP contribution is -2.46. The average Bonchev–Trinajstić information content (AvgIpc) is 2.92. The Balaban J connectivity index is 0. The summed E-state index contributed by atoms with van der Waals surface area (Å²) in [6.07, 6.45) is 35.9. The molecule has 0 fully saturated rings. The molecule has 0 aliphatic carbocycles. The van der Waals surface area contributed by atoms with Crippen LogP contribution < -0.4 is 5.11 Å². The van der Waals surface area contributed by atoms with Gasteiger partial charge in [0, 0.05) is 5.97 Å². The Hall–Kier alpha value is -0.570. The fourth-order valence-corrected chi connectivity index (χ4v) is 5.56. The molecular weight excluding hydrogens is 478 g/mol. The lowest BCUT2D eigenvalue weighted by atomic mass is 10.1. The molecule has 236 valence electrons. The molecule has 0 rings (SSSR count). The molecule has 0 aliphatic rings. The second-order valence-electron chi connectivity index (χ2n) is 12.7. The van der Waals surface area contributed by atoms with Crippen LogP contribution in [0.1, 0.15) is 201 Å². The highest BCUT2D eigenvalue weighted by Crippen LogP contribution is 2.17. The first kappa shape index (κ1) is 40.6. The van der Waals surface area contributed by atoms with Crippen molar-refractivity contribution >= 4 is 5.97 Å². The number of hydrogen-bond donors (Lipinski definition) is 0. The van der Waals surface area contributed by atoms with Gasteiger partial charge in [0.1, 0.15) is 0 Å². The van der Waals surface area contributed by atoms with Crippen LogP contribution in [0, 0.1) is 0 Å². The number of unbranched alkanes of at least 4 members (excludes halogenated alkanes) is 22. The Morgan fingerprint density at radius 3 is 0.897 bits per heavy atom. The van der Waals surface area contributed by atoms with E-state index in [4.69, 9.17) is 0 Å². The van der Waals surface area contributed by atoms with Crippen LogP contribution in [0.15, 0.2) is 0 Å². The maximum atomic E-state index is 9.92. The van der Waals surface area contributed by atoms with E-state index in [1.807, 2.05) is 0 Å². The second kappa shape index (κ2) is 33.6. The van der Waals surface area contributed by atoms with Crippen LogP contribution in [-0.2, 0) is 4.79 Å². The van der Waals surface area contributed by atoms with E-state index in [1.54, 1.807) is 0 Å². The van der Waals surface area contributed by atoms with E-state index in [-0.39, 0.29) is 6.42 Å². The Morgan fingerprint density at radius 1 is 0.410 bits per heavy atom. The molecule has 0 saturated heterocycles. The standard InChI is InChI=1S/C28H60N.C8H16O2/c1-5-8-11-14-17-20-23-26-29(4,27-24-21-18-15-12-9-6-2)28-25-22-19-16-13-10-7-3;1-2-3-4-5-6-7-8(9)10/h5-28H2,1-4H3;2-7H2,1H3,(H,9,10)/q+1;/p-1. The quantitative estimate of drug-likeness (QED) is 0.0655.